The number of nitrogens with two attached hydrogens (primary N) is 1. The Balaban J connectivity index is 1.97. The largest absolute Gasteiger partial charge is 0.397 e. The number of nitrogens with one attached hydrogen (secondary N) is 1. The molecule has 0 unspecified atom stereocenters. The number of carbonyl (C=O) groups excluding carboxylic acids is 1. The van der Waals surface area contributed by atoms with E-state index in [0.717, 1.165) is 15.6 Å². The molecule has 0 saturated carbocycles. The van der Waals surface area contributed by atoms with Crippen LogP contribution >= 0.6 is 22.9 Å². The van der Waals surface area contributed by atoms with Crippen LogP contribution in [0.5, 0.6) is 0 Å². The van der Waals surface area contributed by atoms with E-state index in [1.54, 1.807) is 12.1 Å². The Morgan fingerprint density at radius 1 is 1.24 bits per heavy atom. The third-order valence-corrected chi connectivity index (χ3v) is 4.71. The molecule has 0 atom stereocenters. The average Bonchev–Trinajstić information content (AvgIpc) is 2.81. The number of amides is 1. The van der Waals surface area contributed by atoms with Gasteiger partial charge in [0.2, 0.25) is 0 Å². The highest BCUT2D eigenvalue weighted by atomic mass is 35.5. The monoisotopic (exact) mass is 316 g/mol. The number of halogens is 1. The standard InChI is InChI=1S/C16H13ClN2OS/c1-9-6-7-10(17)8-12(9)19-16(20)15-14(18)11-4-2-3-5-13(11)21-15/h2-8H,18H2,1H3,(H,19,20). The topological polar surface area (TPSA) is 55.1 Å². The number of anilines is 2. The van der Waals surface area contributed by atoms with Gasteiger partial charge in [0, 0.05) is 20.8 Å². The third kappa shape index (κ3) is 2.60. The van der Waals surface area contributed by atoms with Crippen molar-refractivity contribution in [2.24, 2.45) is 0 Å². The number of hydrogen-bond acceptors (Lipinski definition) is 3. The summed E-state index contributed by atoms with van der Waals surface area (Å²) in [7, 11) is 0. The van der Waals surface area contributed by atoms with Gasteiger partial charge in [0.25, 0.3) is 5.91 Å². The molecule has 3 aromatic rings. The summed E-state index contributed by atoms with van der Waals surface area (Å²) >= 11 is 7.36. The molecule has 5 heteroatoms. The highest BCUT2D eigenvalue weighted by Gasteiger charge is 2.16. The van der Waals surface area contributed by atoms with Crippen LogP contribution < -0.4 is 11.1 Å². The van der Waals surface area contributed by atoms with Gasteiger partial charge in [-0.1, -0.05) is 35.9 Å². The highest BCUT2D eigenvalue weighted by molar-refractivity contribution is 7.21. The van der Waals surface area contributed by atoms with Crippen LogP contribution in [0.2, 0.25) is 5.02 Å². The van der Waals surface area contributed by atoms with Gasteiger partial charge in [-0.05, 0) is 30.7 Å². The van der Waals surface area contributed by atoms with Gasteiger partial charge in [-0.25, -0.2) is 0 Å². The van der Waals surface area contributed by atoms with Crippen molar-refractivity contribution in [1.82, 2.24) is 0 Å². The van der Waals surface area contributed by atoms with Crippen molar-refractivity contribution in [2.75, 3.05) is 11.1 Å². The first-order valence-corrected chi connectivity index (χ1v) is 7.60. The molecule has 3 rings (SSSR count). The Morgan fingerprint density at radius 2 is 2.00 bits per heavy atom. The molecule has 1 aromatic heterocycles. The van der Waals surface area contributed by atoms with Crippen LogP contribution in [0.15, 0.2) is 42.5 Å². The normalized spacial score (nSPS) is 10.8. The van der Waals surface area contributed by atoms with E-state index in [-0.39, 0.29) is 5.91 Å². The summed E-state index contributed by atoms with van der Waals surface area (Å²) in [6, 6.07) is 13.1. The summed E-state index contributed by atoms with van der Waals surface area (Å²) < 4.78 is 1.00. The Morgan fingerprint density at radius 3 is 2.76 bits per heavy atom. The van der Waals surface area contributed by atoms with Gasteiger partial charge in [0.1, 0.15) is 4.88 Å². The molecule has 0 aliphatic rings. The minimum absolute atomic E-state index is 0.209. The van der Waals surface area contributed by atoms with Gasteiger partial charge in [0.15, 0.2) is 0 Å². The van der Waals surface area contributed by atoms with Crippen LogP contribution in [0.1, 0.15) is 15.2 Å². The average molecular weight is 317 g/mol. The van der Waals surface area contributed by atoms with Gasteiger partial charge >= 0.3 is 0 Å². The summed E-state index contributed by atoms with van der Waals surface area (Å²) in [6.07, 6.45) is 0. The number of hydrogen-bond donors (Lipinski definition) is 2. The molecule has 0 spiro atoms. The van der Waals surface area contributed by atoms with Crippen molar-refractivity contribution in [3.63, 3.8) is 0 Å². The van der Waals surface area contributed by atoms with Gasteiger partial charge in [-0.3, -0.25) is 4.79 Å². The van der Waals surface area contributed by atoms with E-state index in [4.69, 9.17) is 17.3 Å². The van der Waals surface area contributed by atoms with Crippen LogP contribution in [0.4, 0.5) is 11.4 Å². The molecule has 21 heavy (non-hydrogen) atoms. The number of benzene rings is 2. The Labute approximate surface area is 131 Å². The first kappa shape index (κ1) is 13.9. The zero-order valence-corrected chi connectivity index (χ0v) is 12.9. The molecule has 2 aromatic carbocycles. The quantitative estimate of drug-likeness (QED) is 0.720. The summed E-state index contributed by atoms with van der Waals surface area (Å²) in [4.78, 5) is 13.0. The molecule has 3 N–H and O–H groups in total. The molecule has 0 saturated heterocycles. The van der Waals surface area contributed by atoms with E-state index in [0.29, 0.717) is 21.3 Å². The molecule has 0 fully saturated rings. The van der Waals surface area contributed by atoms with Crippen molar-refractivity contribution in [1.29, 1.82) is 0 Å². The van der Waals surface area contributed by atoms with Crippen LogP contribution in [-0.4, -0.2) is 5.91 Å². The Kier molecular flexibility index (Phi) is 3.57. The lowest BCUT2D eigenvalue weighted by Gasteiger charge is -2.08. The van der Waals surface area contributed by atoms with Crippen molar-refractivity contribution >= 4 is 50.3 Å². The second kappa shape index (κ2) is 5.39. The molecule has 1 heterocycles. The lowest BCUT2D eigenvalue weighted by molar-refractivity contribution is 0.103. The number of fused-ring (bicyclic) bond motifs is 1. The second-order valence-corrected chi connectivity index (χ2v) is 6.24. The summed E-state index contributed by atoms with van der Waals surface area (Å²) in [6.45, 7) is 1.92. The van der Waals surface area contributed by atoms with Gasteiger partial charge in [0.05, 0.1) is 5.69 Å². The zero-order chi connectivity index (χ0) is 15.0. The smallest absolute Gasteiger partial charge is 0.267 e. The first-order valence-electron chi connectivity index (χ1n) is 6.41. The van der Waals surface area contributed by atoms with Crippen molar-refractivity contribution in [3.8, 4) is 0 Å². The van der Waals surface area contributed by atoms with Gasteiger partial charge < -0.3 is 11.1 Å². The van der Waals surface area contributed by atoms with Crippen molar-refractivity contribution in [3.05, 3.63) is 57.9 Å². The van der Waals surface area contributed by atoms with Crippen molar-refractivity contribution in [2.45, 2.75) is 6.92 Å². The molecule has 0 aliphatic carbocycles. The maximum Gasteiger partial charge on any atom is 0.267 e. The van der Waals surface area contributed by atoms with Crippen LogP contribution in [0, 0.1) is 6.92 Å². The lowest BCUT2D eigenvalue weighted by Crippen LogP contribution is -2.12. The molecule has 1 amide bonds. The predicted molar refractivity (Wildman–Crippen MR) is 90.4 cm³/mol. The zero-order valence-electron chi connectivity index (χ0n) is 11.3. The number of rotatable bonds is 2. The lowest BCUT2D eigenvalue weighted by atomic mass is 10.2. The molecule has 0 radical (unpaired) electrons. The third-order valence-electron chi connectivity index (χ3n) is 3.29. The molecular weight excluding hydrogens is 304 g/mol. The van der Waals surface area contributed by atoms with Crippen LogP contribution in [0.25, 0.3) is 10.1 Å². The fourth-order valence-corrected chi connectivity index (χ4v) is 3.33. The predicted octanol–water partition coefficient (Wildman–Crippen LogP) is 4.70. The number of nitrogen functional groups attached to an aromatic ring is 1. The van der Waals surface area contributed by atoms with E-state index in [1.165, 1.54) is 11.3 Å². The van der Waals surface area contributed by atoms with Crippen LogP contribution in [0.3, 0.4) is 0 Å². The van der Waals surface area contributed by atoms with E-state index in [9.17, 15) is 4.79 Å². The first-order chi connectivity index (χ1) is 10.1. The number of carbonyl (C=O) groups is 1. The summed E-state index contributed by atoms with van der Waals surface area (Å²) in [5.41, 5.74) is 8.26. The van der Waals surface area contributed by atoms with E-state index in [2.05, 4.69) is 5.32 Å². The number of thiophene rings is 1. The SMILES string of the molecule is Cc1ccc(Cl)cc1NC(=O)c1sc2ccccc2c1N. The minimum atomic E-state index is -0.209. The summed E-state index contributed by atoms with van der Waals surface area (Å²) in [5.74, 6) is -0.209. The second-order valence-electron chi connectivity index (χ2n) is 4.75. The van der Waals surface area contributed by atoms with Gasteiger partial charge in [-0.2, -0.15) is 0 Å². The molecule has 0 bridgehead atoms. The molecule has 106 valence electrons. The Bertz CT molecular complexity index is 841. The van der Waals surface area contributed by atoms with E-state index < -0.39 is 0 Å². The fourth-order valence-electron chi connectivity index (χ4n) is 2.14. The molecule has 0 aliphatic heterocycles. The van der Waals surface area contributed by atoms with Crippen molar-refractivity contribution < 1.29 is 4.79 Å². The fraction of sp³-hybridized carbons (Fsp3) is 0.0625. The Hall–Kier alpha value is -2.04. The molecular formula is C16H13ClN2OS. The summed E-state index contributed by atoms with van der Waals surface area (Å²) in [5, 5.41) is 4.37. The molecule has 3 nitrogen and oxygen atoms in total. The van der Waals surface area contributed by atoms with Crippen LogP contribution in [-0.2, 0) is 0 Å². The minimum Gasteiger partial charge on any atom is -0.397 e. The highest BCUT2D eigenvalue weighted by Crippen LogP contribution is 2.34. The maximum atomic E-state index is 12.4. The van der Waals surface area contributed by atoms with E-state index in [1.807, 2.05) is 37.3 Å². The van der Waals surface area contributed by atoms with E-state index >= 15 is 0 Å². The number of aryl methyl sites for hydroxylation is 1. The maximum absolute atomic E-state index is 12.4. The van der Waals surface area contributed by atoms with Gasteiger partial charge in [-0.15, -0.1) is 11.3 Å².